The number of amides is 1. The van der Waals surface area contributed by atoms with Gasteiger partial charge in [0.25, 0.3) is 0 Å². The van der Waals surface area contributed by atoms with Crippen molar-refractivity contribution in [3.8, 4) is 0 Å². The van der Waals surface area contributed by atoms with E-state index in [-0.39, 0.29) is 11.7 Å². The van der Waals surface area contributed by atoms with Crippen LogP contribution in [0.2, 0.25) is 0 Å². The van der Waals surface area contributed by atoms with Crippen LogP contribution < -0.4 is 5.32 Å². The number of anilines is 1. The molecule has 26 heavy (non-hydrogen) atoms. The van der Waals surface area contributed by atoms with Crippen LogP contribution in [0.25, 0.3) is 0 Å². The maximum atomic E-state index is 13.8. The second-order valence-electron chi connectivity index (χ2n) is 6.68. The molecule has 1 aromatic carbocycles. The molecule has 2 aromatic rings. The first-order chi connectivity index (χ1) is 12.6. The molecule has 0 aliphatic carbocycles. The molecule has 0 spiro atoms. The molecule has 1 aliphatic heterocycles. The van der Waals surface area contributed by atoms with Gasteiger partial charge in [0, 0.05) is 44.2 Å². The van der Waals surface area contributed by atoms with Crippen molar-refractivity contribution in [1.82, 2.24) is 15.0 Å². The fourth-order valence-corrected chi connectivity index (χ4v) is 3.16. The van der Waals surface area contributed by atoms with Gasteiger partial charge in [-0.05, 0) is 32.5 Å². The Morgan fingerprint density at radius 1 is 1.23 bits per heavy atom. The van der Waals surface area contributed by atoms with Gasteiger partial charge in [-0.2, -0.15) is 0 Å². The van der Waals surface area contributed by atoms with Crippen molar-refractivity contribution < 1.29 is 13.7 Å². The molecule has 7 heteroatoms. The van der Waals surface area contributed by atoms with Gasteiger partial charge in [0.2, 0.25) is 5.91 Å². The highest BCUT2D eigenvalue weighted by molar-refractivity contribution is 5.89. The van der Waals surface area contributed by atoms with Crippen LogP contribution in [-0.4, -0.2) is 53.6 Å². The lowest BCUT2D eigenvalue weighted by Gasteiger charge is -2.21. The van der Waals surface area contributed by atoms with Gasteiger partial charge in [-0.15, -0.1) is 0 Å². The van der Waals surface area contributed by atoms with Crippen molar-refractivity contribution in [3.05, 3.63) is 47.5 Å². The van der Waals surface area contributed by atoms with E-state index in [0.717, 1.165) is 38.2 Å². The van der Waals surface area contributed by atoms with E-state index in [2.05, 4.69) is 20.3 Å². The quantitative estimate of drug-likeness (QED) is 0.858. The zero-order valence-electron chi connectivity index (χ0n) is 15.1. The average molecular weight is 360 g/mol. The smallest absolute Gasteiger partial charge is 0.226 e. The van der Waals surface area contributed by atoms with Gasteiger partial charge >= 0.3 is 0 Å². The van der Waals surface area contributed by atoms with Gasteiger partial charge in [-0.1, -0.05) is 23.4 Å². The van der Waals surface area contributed by atoms with E-state index in [1.807, 2.05) is 12.1 Å². The first-order valence-corrected chi connectivity index (χ1v) is 9.01. The summed E-state index contributed by atoms with van der Waals surface area (Å²) in [6.45, 7) is 6.76. The summed E-state index contributed by atoms with van der Waals surface area (Å²) in [6, 6.07) is 8.64. The Balaban J connectivity index is 1.42. The van der Waals surface area contributed by atoms with Crippen LogP contribution in [0.1, 0.15) is 24.2 Å². The van der Waals surface area contributed by atoms with Crippen molar-refractivity contribution in [2.45, 2.75) is 26.3 Å². The summed E-state index contributed by atoms with van der Waals surface area (Å²) in [4.78, 5) is 16.6. The van der Waals surface area contributed by atoms with Crippen LogP contribution in [0.4, 0.5) is 10.2 Å². The Morgan fingerprint density at radius 3 is 2.77 bits per heavy atom. The SMILES string of the molecule is Cc1cc(NC(=O)CCN2CCCN(Cc3ccccc3F)CC2)no1. The standard InChI is InChI=1S/C19H25FN4O2/c1-15-13-18(22-26-15)21-19(25)7-10-23-8-4-9-24(12-11-23)14-16-5-2-3-6-17(16)20/h2-3,5-6,13H,4,7-12,14H2,1H3,(H,21,22,25). The lowest BCUT2D eigenvalue weighted by molar-refractivity contribution is -0.116. The van der Waals surface area contributed by atoms with Crippen molar-refractivity contribution in [2.75, 3.05) is 38.0 Å². The van der Waals surface area contributed by atoms with Gasteiger partial charge in [-0.3, -0.25) is 9.69 Å². The number of nitrogens with one attached hydrogen (secondary N) is 1. The molecule has 1 aliphatic rings. The number of carbonyl (C=O) groups excluding carboxylic acids is 1. The van der Waals surface area contributed by atoms with Gasteiger partial charge in [0.05, 0.1) is 0 Å². The van der Waals surface area contributed by atoms with Gasteiger partial charge < -0.3 is 14.7 Å². The number of hydrogen-bond donors (Lipinski definition) is 1. The third-order valence-corrected chi connectivity index (χ3v) is 4.58. The predicted molar refractivity (Wildman–Crippen MR) is 97.2 cm³/mol. The molecule has 0 atom stereocenters. The predicted octanol–water partition coefficient (Wildman–Crippen LogP) is 2.66. The van der Waals surface area contributed by atoms with Gasteiger partial charge in [-0.25, -0.2) is 4.39 Å². The van der Waals surface area contributed by atoms with Crippen molar-refractivity contribution >= 4 is 11.7 Å². The summed E-state index contributed by atoms with van der Waals surface area (Å²) >= 11 is 0. The fraction of sp³-hybridized carbons (Fsp3) is 0.474. The Bertz CT molecular complexity index is 734. The van der Waals surface area contributed by atoms with Crippen molar-refractivity contribution in [1.29, 1.82) is 0 Å². The monoisotopic (exact) mass is 360 g/mol. The van der Waals surface area contributed by atoms with Crippen LogP contribution in [0.15, 0.2) is 34.9 Å². The molecule has 140 valence electrons. The second-order valence-corrected chi connectivity index (χ2v) is 6.68. The summed E-state index contributed by atoms with van der Waals surface area (Å²) in [7, 11) is 0. The van der Waals surface area contributed by atoms with E-state index in [1.54, 1.807) is 19.1 Å². The highest BCUT2D eigenvalue weighted by atomic mass is 19.1. The normalized spacial score (nSPS) is 16.4. The van der Waals surface area contributed by atoms with Gasteiger partial charge in [0.15, 0.2) is 5.82 Å². The van der Waals surface area contributed by atoms with Crippen molar-refractivity contribution in [2.24, 2.45) is 0 Å². The molecule has 0 saturated carbocycles. The highest BCUT2D eigenvalue weighted by Crippen LogP contribution is 2.13. The Labute approximate surface area is 152 Å². The number of benzene rings is 1. The minimum absolute atomic E-state index is 0.0641. The molecule has 1 fully saturated rings. The molecule has 1 saturated heterocycles. The molecule has 0 radical (unpaired) electrons. The summed E-state index contributed by atoms with van der Waals surface area (Å²) < 4.78 is 18.8. The molecule has 1 aromatic heterocycles. The van der Waals surface area contributed by atoms with E-state index in [9.17, 15) is 9.18 Å². The summed E-state index contributed by atoms with van der Waals surface area (Å²) in [6.07, 6.45) is 1.43. The van der Waals surface area contributed by atoms with Crippen LogP contribution >= 0.6 is 0 Å². The zero-order chi connectivity index (χ0) is 18.4. The molecule has 1 N–H and O–H groups in total. The topological polar surface area (TPSA) is 61.6 Å². The van der Waals surface area contributed by atoms with E-state index in [4.69, 9.17) is 4.52 Å². The summed E-state index contributed by atoms with van der Waals surface area (Å²) in [5.41, 5.74) is 0.739. The zero-order valence-corrected chi connectivity index (χ0v) is 15.1. The first kappa shape index (κ1) is 18.5. The minimum atomic E-state index is -0.145. The molecular weight excluding hydrogens is 335 g/mol. The Kier molecular flexibility index (Phi) is 6.35. The second kappa shape index (κ2) is 8.91. The maximum absolute atomic E-state index is 13.8. The Morgan fingerprint density at radius 2 is 2.00 bits per heavy atom. The van der Waals surface area contributed by atoms with E-state index >= 15 is 0 Å². The van der Waals surface area contributed by atoms with E-state index in [0.29, 0.717) is 31.1 Å². The molecule has 6 nitrogen and oxygen atoms in total. The third kappa shape index (κ3) is 5.37. The third-order valence-electron chi connectivity index (χ3n) is 4.58. The number of halogens is 1. The number of rotatable bonds is 6. The van der Waals surface area contributed by atoms with Crippen LogP contribution in [0.3, 0.4) is 0 Å². The molecular formula is C19H25FN4O2. The number of nitrogens with zero attached hydrogens (tertiary/aromatic N) is 3. The molecule has 0 unspecified atom stereocenters. The maximum Gasteiger partial charge on any atom is 0.226 e. The van der Waals surface area contributed by atoms with Crippen molar-refractivity contribution in [3.63, 3.8) is 0 Å². The molecule has 3 rings (SSSR count). The average Bonchev–Trinajstić information content (AvgIpc) is 2.89. The Hall–Kier alpha value is -2.25. The first-order valence-electron chi connectivity index (χ1n) is 9.01. The van der Waals surface area contributed by atoms with E-state index < -0.39 is 0 Å². The molecule has 2 heterocycles. The summed E-state index contributed by atoms with van der Waals surface area (Å²) in [5, 5.41) is 6.51. The van der Waals surface area contributed by atoms with Crippen LogP contribution in [0.5, 0.6) is 0 Å². The van der Waals surface area contributed by atoms with Crippen LogP contribution in [-0.2, 0) is 11.3 Å². The number of aromatic nitrogens is 1. The fourth-order valence-electron chi connectivity index (χ4n) is 3.16. The van der Waals surface area contributed by atoms with Gasteiger partial charge in [0.1, 0.15) is 11.6 Å². The van der Waals surface area contributed by atoms with E-state index in [1.165, 1.54) is 6.07 Å². The summed E-state index contributed by atoms with van der Waals surface area (Å²) in [5.74, 6) is 0.918. The molecule has 1 amide bonds. The largest absolute Gasteiger partial charge is 0.360 e. The number of hydrogen-bond acceptors (Lipinski definition) is 5. The molecule has 0 bridgehead atoms. The van der Waals surface area contributed by atoms with Crippen LogP contribution in [0, 0.1) is 12.7 Å². The number of aryl methyl sites for hydroxylation is 1. The lowest BCUT2D eigenvalue weighted by Crippen LogP contribution is -2.32. The lowest BCUT2D eigenvalue weighted by atomic mass is 10.2. The minimum Gasteiger partial charge on any atom is -0.360 e. The number of carbonyl (C=O) groups is 1. The highest BCUT2D eigenvalue weighted by Gasteiger charge is 2.17.